The van der Waals surface area contributed by atoms with Crippen LogP contribution in [-0.2, 0) is 13.2 Å². The second-order valence-electron chi connectivity index (χ2n) is 5.75. The first kappa shape index (κ1) is 21.3. The number of nitrogens with one attached hydrogen (secondary N) is 1. The van der Waals surface area contributed by atoms with Crippen molar-refractivity contribution in [3.8, 4) is 11.5 Å². The zero-order chi connectivity index (χ0) is 19.1. The van der Waals surface area contributed by atoms with Gasteiger partial charge in [-0.05, 0) is 30.7 Å². The molecule has 2 aromatic rings. The third-order valence-corrected chi connectivity index (χ3v) is 5.38. The van der Waals surface area contributed by atoms with E-state index in [1.165, 1.54) is 0 Å². The number of ether oxygens (including phenoxy) is 2. The minimum atomic E-state index is 0.0201. The minimum absolute atomic E-state index is 0.0201. The van der Waals surface area contributed by atoms with Gasteiger partial charge in [-0.15, -0.1) is 0 Å². The van der Waals surface area contributed by atoms with Crippen molar-refractivity contribution in [3.63, 3.8) is 0 Å². The molecule has 0 spiro atoms. The molecule has 0 aliphatic carbocycles. The van der Waals surface area contributed by atoms with Gasteiger partial charge < -0.3 is 19.9 Å². The van der Waals surface area contributed by atoms with Gasteiger partial charge in [-0.25, -0.2) is 0 Å². The quantitative estimate of drug-likeness (QED) is 0.537. The number of aliphatic hydroxyl groups is 1. The molecule has 0 saturated heterocycles. The monoisotopic (exact) mass is 461 g/mol. The summed E-state index contributed by atoms with van der Waals surface area (Å²) in [5, 5.41) is 13.9. The van der Waals surface area contributed by atoms with Crippen LogP contribution >= 0.6 is 39.1 Å². The topological polar surface area (TPSA) is 50.7 Å². The van der Waals surface area contributed by atoms with E-state index >= 15 is 0 Å². The van der Waals surface area contributed by atoms with E-state index in [2.05, 4.69) is 21.2 Å². The van der Waals surface area contributed by atoms with Crippen molar-refractivity contribution in [1.29, 1.82) is 0 Å². The average molecular weight is 463 g/mol. The first-order valence-electron chi connectivity index (χ1n) is 8.26. The normalized spacial score (nSPS) is 12.1. The molecule has 7 heteroatoms. The molecule has 0 bridgehead atoms. The smallest absolute Gasteiger partial charge is 0.167 e. The molecule has 0 aliphatic rings. The molecular weight excluding hydrogens is 441 g/mol. The fourth-order valence-corrected chi connectivity index (χ4v) is 3.35. The van der Waals surface area contributed by atoms with E-state index in [1.54, 1.807) is 19.2 Å². The van der Waals surface area contributed by atoms with Crippen molar-refractivity contribution in [1.82, 2.24) is 5.32 Å². The van der Waals surface area contributed by atoms with Gasteiger partial charge in [0.25, 0.3) is 0 Å². The molecule has 1 atom stereocenters. The Kier molecular flexibility index (Phi) is 8.51. The molecule has 0 aromatic heterocycles. The van der Waals surface area contributed by atoms with E-state index in [-0.39, 0.29) is 19.3 Å². The highest BCUT2D eigenvalue weighted by Crippen LogP contribution is 2.37. The lowest BCUT2D eigenvalue weighted by Crippen LogP contribution is -2.31. The molecule has 2 aromatic carbocycles. The van der Waals surface area contributed by atoms with E-state index in [4.69, 9.17) is 32.7 Å². The van der Waals surface area contributed by atoms with Gasteiger partial charge in [-0.2, -0.15) is 0 Å². The van der Waals surface area contributed by atoms with E-state index in [0.717, 1.165) is 22.0 Å². The van der Waals surface area contributed by atoms with Crippen LogP contribution in [0.5, 0.6) is 11.5 Å². The maximum absolute atomic E-state index is 9.39. The Morgan fingerprint density at radius 1 is 1.23 bits per heavy atom. The summed E-state index contributed by atoms with van der Waals surface area (Å²) >= 11 is 15.8. The predicted octanol–water partition coefficient (Wildman–Crippen LogP) is 5.20. The zero-order valence-electron chi connectivity index (χ0n) is 14.7. The minimum Gasteiger partial charge on any atom is -0.493 e. The molecule has 26 heavy (non-hydrogen) atoms. The van der Waals surface area contributed by atoms with Crippen LogP contribution in [-0.4, -0.2) is 24.9 Å². The lowest BCUT2D eigenvalue weighted by Gasteiger charge is -2.20. The number of hydrogen-bond donors (Lipinski definition) is 2. The summed E-state index contributed by atoms with van der Waals surface area (Å²) in [6.45, 7) is 2.91. The van der Waals surface area contributed by atoms with Crippen LogP contribution in [0.4, 0.5) is 0 Å². The number of benzene rings is 2. The van der Waals surface area contributed by atoms with E-state index < -0.39 is 0 Å². The van der Waals surface area contributed by atoms with E-state index in [1.807, 2.05) is 25.1 Å². The van der Waals surface area contributed by atoms with Crippen molar-refractivity contribution in [3.05, 3.63) is 56.0 Å². The second-order valence-corrected chi connectivity index (χ2v) is 7.45. The standard InChI is InChI=1S/C19H22BrCl2NO3/c1-3-14(10-24)23-9-15-16(20)6-7-18(25-2)19(15)26-11-12-4-5-13(21)8-17(12)22/h4-8,14,23-24H,3,9-11H2,1-2H3. The molecule has 0 aliphatic heterocycles. The van der Waals surface area contributed by atoms with Crippen molar-refractivity contribution in [2.75, 3.05) is 13.7 Å². The molecule has 2 rings (SSSR count). The van der Waals surface area contributed by atoms with Crippen LogP contribution in [0.1, 0.15) is 24.5 Å². The number of rotatable bonds is 9. The zero-order valence-corrected chi connectivity index (χ0v) is 17.8. The van der Waals surface area contributed by atoms with Gasteiger partial charge in [0, 0.05) is 38.2 Å². The SMILES string of the molecule is CCC(CO)NCc1c(Br)ccc(OC)c1OCc1ccc(Cl)cc1Cl. The summed E-state index contributed by atoms with van der Waals surface area (Å²) in [5.41, 5.74) is 1.75. The van der Waals surface area contributed by atoms with Gasteiger partial charge in [0.05, 0.1) is 13.7 Å². The van der Waals surface area contributed by atoms with Gasteiger partial charge in [0.2, 0.25) is 0 Å². The highest BCUT2D eigenvalue weighted by molar-refractivity contribution is 9.10. The van der Waals surface area contributed by atoms with Crippen LogP contribution in [0, 0.1) is 0 Å². The molecule has 4 nitrogen and oxygen atoms in total. The fourth-order valence-electron chi connectivity index (χ4n) is 2.44. The Bertz CT molecular complexity index is 739. The maximum Gasteiger partial charge on any atom is 0.167 e. The lowest BCUT2D eigenvalue weighted by atomic mass is 10.1. The van der Waals surface area contributed by atoms with Crippen LogP contribution in [0.2, 0.25) is 10.0 Å². The highest BCUT2D eigenvalue weighted by Gasteiger charge is 2.16. The first-order chi connectivity index (χ1) is 12.5. The molecule has 0 amide bonds. The Morgan fingerprint density at radius 3 is 2.62 bits per heavy atom. The van der Waals surface area contributed by atoms with Crippen molar-refractivity contribution < 1.29 is 14.6 Å². The Morgan fingerprint density at radius 2 is 2.00 bits per heavy atom. The molecule has 0 fully saturated rings. The van der Waals surface area contributed by atoms with Crippen molar-refractivity contribution >= 4 is 39.1 Å². The molecule has 0 saturated carbocycles. The van der Waals surface area contributed by atoms with Crippen molar-refractivity contribution in [2.45, 2.75) is 32.5 Å². The summed E-state index contributed by atoms with van der Waals surface area (Å²) in [6, 6.07) is 9.08. The summed E-state index contributed by atoms with van der Waals surface area (Å²) < 4.78 is 12.4. The summed E-state index contributed by atoms with van der Waals surface area (Å²) in [6.07, 6.45) is 0.828. The predicted molar refractivity (Wildman–Crippen MR) is 109 cm³/mol. The van der Waals surface area contributed by atoms with Crippen LogP contribution in [0.15, 0.2) is 34.8 Å². The second kappa shape index (κ2) is 10.4. The third-order valence-electron chi connectivity index (χ3n) is 4.05. The molecule has 1 unspecified atom stereocenters. The molecule has 142 valence electrons. The lowest BCUT2D eigenvalue weighted by molar-refractivity contribution is 0.236. The largest absolute Gasteiger partial charge is 0.493 e. The maximum atomic E-state index is 9.39. The highest BCUT2D eigenvalue weighted by atomic mass is 79.9. The molecule has 2 N–H and O–H groups in total. The van der Waals surface area contributed by atoms with Crippen LogP contribution in [0.25, 0.3) is 0 Å². The van der Waals surface area contributed by atoms with Gasteiger partial charge in [-0.1, -0.05) is 52.1 Å². The van der Waals surface area contributed by atoms with Gasteiger partial charge >= 0.3 is 0 Å². The van der Waals surface area contributed by atoms with Gasteiger partial charge in [0.15, 0.2) is 11.5 Å². The summed E-state index contributed by atoms with van der Waals surface area (Å²) in [7, 11) is 1.60. The number of aliphatic hydroxyl groups excluding tert-OH is 1. The third kappa shape index (κ3) is 5.51. The average Bonchev–Trinajstić information content (AvgIpc) is 2.63. The van der Waals surface area contributed by atoms with Crippen LogP contribution in [0.3, 0.4) is 0 Å². The number of hydrogen-bond acceptors (Lipinski definition) is 4. The first-order valence-corrected chi connectivity index (χ1v) is 9.81. The van der Waals surface area contributed by atoms with Gasteiger partial charge in [-0.3, -0.25) is 0 Å². The molecular formula is C19H22BrCl2NO3. The molecule has 0 heterocycles. The number of halogens is 3. The van der Waals surface area contributed by atoms with Gasteiger partial charge in [0.1, 0.15) is 6.61 Å². The van der Waals surface area contributed by atoms with E-state index in [9.17, 15) is 5.11 Å². The van der Waals surface area contributed by atoms with Crippen LogP contribution < -0.4 is 14.8 Å². The van der Waals surface area contributed by atoms with Crippen molar-refractivity contribution in [2.24, 2.45) is 0 Å². The Hall–Kier alpha value is -0.980. The Balaban J connectivity index is 2.25. The number of methoxy groups -OCH3 is 1. The fraction of sp³-hybridized carbons (Fsp3) is 0.368. The summed E-state index contributed by atoms with van der Waals surface area (Å²) in [4.78, 5) is 0. The van der Waals surface area contributed by atoms with E-state index in [0.29, 0.717) is 28.1 Å². The Labute approximate surface area is 172 Å². The summed E-state index contributed by atoms with van der Waals surface area (Å²) in [5.74, 6) is 1.26. The molecule has 0 radical (unpaired) electrons.